The molecular formula is C16H24O7. The van der Waals surface area contributed by atoms with Crippen LogP contribution in [-0.2, 0) is 19.0 Å². The van der Waals surface area contributed by atoms with E-state index < -0.39 is 54.3 Å². The summed E-state index contributed by atoms with van der Waals surface area (Å²) in [4.78, 5) is 11.3. The maximum absolute atomic E-state index is 11.3. The Morgan fingerprint density at radius 3 is 2.74 bits per heavy atom. The van der Waals surface area contributed by atoms with Gasteiger partial charge in [0.1, 0.15) is 12.2 Å². The first-order valence-corrected chi connectivity index (χ1v) is 7.91. The van der Waals surface area contributed by atoms with Gasteiger partial charge in [0.05, 0.1) is 19.1 Å². The van der Waals surface area contributed by atoms with Crippen LogP contribution < -0.4 is 0 Å². The van der Waals surface area contributed by atoms with Crippen LogP contribution in [-0.4, -0.2) is 58.3 Å². The highest BCUT2D eigenvalue weighted by Gasteiger charge is 2.69. The van der Waals surface area contributed by atoms with Crippen molar-refractivity contribution in [3.63, 3.8) is 0 Å². The van der Waals surface area contributed by atoms with Gasteiger partial charge < -0.3 is 29.5 Å². The van der Waals surface area contributed by atoms with Gasteiger partial charge in [-0.3, -0.25) is 4.79 Å². The first-order chi connectivity index (χ1) is 10.7. The summed E-state index contributed by atoms with van der Waals surface area (Å²) in [6, 6.07) is 0. The minimum Gasteiger partial charge on any atom is -0.481 e. The number of hydrogen-bond acceptors (Lipinski definition) is 6. The molecule has 0 amide bonds. The normalized spacial score (nSPS) is 43.0. The Bertz CT molecular complexity index is 517. The van der Waals surface area contributed by atoms with Crippen LogP contribution in [0.1, 0.15) is 33.1 Å². The molecule has 0 aromatic heterocycles. The largest absolute Gasteiger partial charge is 0.481 e. The molecule has 1 saturated carbocycles. The maximum atomic E-state index is 11.3. The van der Waals surface area contributed by atoms with Crippen molar-refractivity contribution < 1.29 is 34.3 Å². The summed E-state index contributed by atoms with van der Waals surface area (Å²) in [5, 5.41) is 28.9. The fourth-order valence-corrected chi connectivity index (χ4v) is 4.47. The van der Waals surface area contributed by atoms with Crippen molar-refractivity contribution in [1.82, 2.24) is 0 Å². The third-order valence-corrected chi connectivity index (χ3v) is 5.33. The molecule has 23 heavy (non-hydrogen) atoms. The van der Waals surface area contributed by atoms with Gasteiger partial charge in [0, 0.05) is 11.3 Å². The predicted molar refractivity (Wildman–Crippen MR) is 78.3 cm³/mol. The van der Waals surface area contributed by atoms with Gasteiger partial charge in [-0.2, -0.15) is 0 Å². The smallest absolute Gasteiger partial charge is 0.303 e. The predicted octanol–water partition coefficient (Wildman–Crippen LogP) is 0.643. The van der Waals surface area contributed by atoms with Gasteiger partial charge in [-0.25, -0.2) is 0 Å². The van der Waals surface area contributed by atoms with E-state index in [2.05, 4.69) is 6.58 Å². The molecule has 3 N–H and O–H groups in total. The number of carbonyl (C=O) groups is 1. The van der Waals surface area contributed by atoms with E-state index >= 15 is 0 Å². The summed E-state index contributed by atoms with van der Waals surface area (Å²) in [5.74, 6) is -2.16. The quantitative estimate of drug-likeness (QED) is 0.650. The van der Waals surface area contributed by atoms with E-state index in [0.29, 0.717) is 12.8 Å². The zero-order valence-corrected chi connectivity index (χ0v) is 13.4. The molecule has 1 spiro atoms. The van der Waals surface area contributed by atoms with E-state index in [1.54, 1.807) is 13.8 Å². The number of aliphatic hydroxyl groups excluding tert-OH is 2. The molecular weight excluding hydrogens is 304 g/mol. The van der Waals surface area contributed by atoms with Crippen LogP contribution in [0.25, 0.3) is 0 Å². The first-order valence-electron chi connectivity index (χ1n) is 7.91. The molecule has 130 valence electrons. The highest BCUT2D eigenvalue weighted by molar-refractivity contribution is 5.68. The molecule has 6 atom stereocenters. The zero-order valence-electron chi connectivity index (χ0n) is 13.4. The molecule has 3 aliphatic rings. The summed E-state index contributed by atoms with van der Waals surface area (Å²) >= 11 is 0. The highest BCUT2D eigenvalue weighted by Crippen LogP contribution is 2.61. The number of hydrogen-bond donors (Lipinski definition) is 3. The fourth-order valence-electron chi connectivity index (χ4n) is 4.47. The standard InChI is InChI=1S/C16H24O7/c1-8-4-5-16(9(8)6-11(19)20)12(10(18)7-17)21-14-13(16)22-15(2,3)23-14/h9-10,12-14,17-18H,1,4-7H2,2-3H3,(H,19,20)/t9-,10+,12+,13-,14+,16+/m0/s1. The second-order valence-corrected chi connectivity index (χ2v) is 7.15. The van der Waals surface area contributed by atoms with Gasteiger partial charge in [-0.1, -0.05) is 12.2 Å². The number of allylic oxidation sites excluding steroid dienone is 1. The SMILES string of the molecule is C=C1CC[C@]2([C@@H]([C@H](O)CO)O[C@@H]3OC(C)(C)O[C@@H]32)[C@H]1CC(=O)O. The molecule has 0 unspecified atom stereocenters. The molecule has 1 aliphatic carbocycles. The van der Waals surface area contributed by atoms with E-state index in [4.69, 9.17) is 14.2 Å². The topological polar surface area (TPSA) is 105 Å². The van der Waals surface area contributed by atoms with Gasteiger partial charge in [-0.15, -0.1) is 0 Å². The average molecular weight is 328 g/mol. The van der Waals surface area contributed by atoms with Crippen LogP contribution >= 0.6 is 0 Å². The first kappa shape index (κ1) is 16.9. The van der Waals surface area contributed by atoms with Crippen molar-refractivity contribution in [1.29, 1.82) is 0 Å². The van der Waals surface area contributed by atoms with Crippen LogP contribution in [0, 0.1) is 11.3 Å². The Morgan fingerprint density at radius 2 is 2.13 bits per heavy atom. The molecule has 0 radical (unpaired) electrons. The number of fused-ring (bicyclic) bond motifs is 2. The van der Waals surface area contributed by atoms with Crippen LogP contribution in [0.4, 0.5) is 0 Å². The minimum atomic E-state index is -1.13. The summed E-state index contributed by atoms with van der Waals surface area (Å²) in [5.41, 5.74) is 0.0656. The molecule has 0 aromatic carbocycles. The molecule has 7 nitrogen and oxygen atoms in total. The Morgan fingerprint density at radius 1 is 1.43 bits per heavy atom. The third-order valence-electron chi connectivity index (χ3n) is 5.33. The molecule has 7 heteroatoms. The number of aliphatic carboxylic acids is 1. The number of ether oxygens (including phenoxy) is 3. The number of carboxylic acid groups (broad SMARTS) is 1. The van der Waals surface area contributed by atoms with Crippen molar-refractivity contribution >= 4 is 5.97 Å². The summed E-state index contributed by atoms with van der Waals surface area (Å²) in [6.45, 7) is 7.09. The Hall–Kier alpha value is -0.990. The van der Waals surface area contributed by atoms with Gasteiger partial charge >= 0.3 is 5.97 Å². The van der Waals surface area contributed by atoms with Crippen molar-refractivity contribution in [2.24, 2.45) is 11.3 Å². The number of rotatable bonds is 4. The van der Waals surface area contributed by atoms with E-state index in [1.165, 1.54) is 0 Å². The summed E-state index contributed by atoms with van der Waals surface area (Å²) < 4.78 is 17.7. The number of aliphatic hydroxyl groups is 2. The lowest BCUT2D eigenvalue weighted by molar-refractivity contribution is -0.235. The van der Waals surface area contributed by atoms with Gasteiger partial charge in [-0.05, 0) is 26.7 Å². The second-order valence-electron chi connectivity index (χ2n) is 7.15. The lowest BCUT2D eigenvalue weighted by Crippen LogP contribution is -2.51. The van der Waals surface area contributed by atoms with Crippen LogP contribution in [0.5, 0.6) is 0 Å². The average Bonchev–Trinajstić information content (AvgIpc) is 3.03. The summed E-state index contributed by atoms with van der Waals surface area (Å²) in [6.07, 6.45) is -1.93. The minimum absolute atomic E-state index is 0.107. The Labute approximate surface area is 134 Å². The number of carboxylic acids is 1. The molecule has 2 heterocycles. The third kappa shape index (κ3) is 2.51. The second kappa shape index (κ2) is 5.53. The summed E-state index contributed by atoms with van der Waals surface area (Å²) in [7, 11) is 0. The van der Waals surface area contributed by atoms with Crippen molar-refractivity contribution in [3.05, 3.63) is 12.2 Å². The maximum Gasteiger partial charge on any atom is 0.303 e. The van der Waals surface area contributed by atoms with Crippen LogP contribution in [0.2, 0.25) is 0 Å². The monoisotopic (exact) mass is 328 g/mol. The van der Waals surface area contributed by atoms with Crippen LogP contribution in [0.3, 0.4) is 0 Å². The van der Waals surface area contributed by atoms with Gasteiger partial charge in [0.15, 0.2) is 12.1 Å². The molecule has 2 aliphatic heterocycles. The lowest BCUT2D eigenvalue weighted by Gasteiger charge is -2.41. The Balaban J connectivity index is 2.02. The van der Waals surface area contributed by atoms with E-state index in [0.717, 1.165) is 5.57 Å². The molecule has 0 aromatic rings. The fraction of sp³-hybridized carbons (Fsp3) is 0.812. The van der Waals surface area contributed by atoms with Crippen molar-refractivity contribution in [2.75, 3.05) is 6.61 Å². The lowest BCUT2D eigenvalue weighted by atomic mass is 9.67. The zero-order chi connectivity index (χ0) is 17.0. The van der Waals surface area contributed by atoms with E-state index in [1.807, 2.05) is 0 Å². The van der Waals surface area contributed by atoms with E-state index in [9.17, 15) is 20.1 Å². The van der Waals surface area contributed by atoms with E-state index in [-0.39, 0.29) is 6.42 Å². The molecule has 3 fully saturated rings. The molecule has 3 rings (SSSR count). The molecule has 2 saturated heterocycles. The van der Waals surface area contributed by atoms with Gasteiger partial charge in [0.25, 0.3) is 0 Å². The molecule has 0 bridgehead atoms. The van der Waals surface area contributed by atoms with Crippen molar-refractivity contribution in [3.8, 4) is 0 Å². The highest BCUT2D eigenvalue weighted by atomic mass is 16.8. The van der Waals surface area contributed by atoms with Gasteiger partial charge in [0.2, 0.25) is 0 Å². The van der Waals surface area contributed by atoms with Crippen molar-refractivity contribution in [2.45, 2.75) is 63.5 Å². The Kier molecular flexibility index (Phi) is 4.05. The van der Waals surface area contributed by atoms with Crippen LogP contribution in [0.15, 0.2) is 12.2 Å².